The summed E-state index contributed by atoms with van der Waals surface area (Å²) in [6.07, 6.45) is 0.781. The third-order valence-corrected chi connectivity index (χ3v) is 6.63. The molecule has 1 aromatic carbocycles. The average molecular weight is 360 g/mol. The van der Waals surface area contributed by atoms with Crippen LogP contribution in [-0.4, -0.2) is 41.9 Å². The summed E-state index contributed by atoms with van der Waals surface area (Å²) in [5.74, 6) is -3.86. The topological polar surface area (TPSA) is 104 Å². The number of rotatable bonds is 2. The lowest BCUT2D eigenvalue weighted by Gasteiger charge is -2.41. The molecule has 0 spiro atoms. The van der Waals surface area contributed by atoms with Gasteiger partial charge in [-0.2, -0.15) is 0 Å². The molecule has 0 radical (unpaired) electrons. The summed E-state index contributed by atoms with van der Waals surface area (Å²) in [7, 11) is -4.19. The first-order valence-electron chi connectivity index (χ1n) is 7.25. The van der Waals surface area contributed by atoms with Crippen molar-refractivity contribution in [1.82, 2.24) is 10.4 Å². The maximum absolute atomic E-state index is 13.4. The van der Waals surface area contributed by atoms with Gasteiger partial charge in [-0.15, -0.1) is 5.06 Å². The summed E-state index contributed by atoms with van der Waals surface area (Å²) in [5.41, 5.74) is 0. The van der Waals surface area contributed by atoms with Crippen molar-refractivity contribution in [3.8, 4) is 0 Å². The number of urea groups is 1. The number of carbonyl (C=O) groups excluding carboxylic acids is 2. The number of hydrogen-bond acceptors (Lipinski definition) is 5. The van der Waals surface area contributed by atoms with Gasteiger partial charge in [0.05, 0.1) is 22.1 Å². The maximum atomic E-state index is 13.4. The highest BCUT2D eigenvalue weighted by Gasteiger charge is 2.50. The first kappa shape index (κ1) is 16.8. The Kier molecular flexibility index (Phi) is 4.04. The van der Waals surface area contributed by atoms with E-state index in [1.165, 1.54) is 0 Å². The molecule has 1 aliphatic heterocycles. The monoisotopic (exact) mass is 360 g/mol. The number of nitrogens with one attached hydrogen (secondary N) is 1. The molecule has 1 heterocycles. The zero-order valence-electron chi connectivity index (χ0n) is 12.3. The van der Waals surface area contributed by atoms with Gasteiger partial charge in [0.1, 0.15) is 11.6 Å². The number of halogens is 2. The third kappa shape index (κ3) is 2.65. The van der Waals surface area contributed by atoms with Crippen molar-refractivity contribution in [2.45, 2.75) is 35.4 Å². The molecule has 0 aromatic heterocycles. The van der Waals surface area contributed by atoms with E-state index < -0.39 is 55.5 Å². The summed E-state index contributed by atoms with van der Waals surface area (Å²) in [6, 6.07) is -0.218. The van der Waals surface area contributed by atoms with Crippen molar-refractivity contribution in [1.29, 1.82) is 0 Å². The standard InChI is InChI=1S/C14H14F2N2O5S/c15-7-4-8(16)6-9(5-7)24(22,23)11-3-1-2-10-12(11)17-14(20)18(21)13(10)19/h4-6,10-12,21H,1-3H2,(H,17,20). The molecule has 3 atom stereocenters. The molecule has 0 bridgehead atoms. The van der Waals surface area contributed by atoms with E-state index in [-0.39, 0.29) is 11.5 Å². The predicted molar refractivity (Wildman–Crippen MR) is 75.6 cm³/mol. The predicted octanol–water partition coefficient (Wildman–Crippen LogP) is 1.22. The van der Waals surface area contributed by atoms with Crippen LogP contribution in [0.4, 0.5) is 13.6 Å². The molecule has 2 fully saturated rings. The molecule has 10 heteroatoms. The lowest BCUT2D eigenvalue weighted by molar-refractivity contribution is -0.163. The summed E-state index contributed by atoms with van der Waals surface area (Å²) >= 11 is 0. The number of imide groups is 1. The summed E-state index contributed by atoms with van der Waals surface area (Å²) in [5, 5.41) is 10.4. The van der Waals surface area contributed by atoms with E-state index in [2.05, 4.69) is 5.32 Å². The van der Waals surface area contributed by atoms with Gasteiger partial charge >= 0.3 is 6.03 Å². The molecule has 1 saturated heterocycles. The van der Waals surface area contributed by atoms with E-state index in [4.69, 9.17) is 0 Å². The van der Waals surface area contributed by atoms with Crippen molar-refractivity contribution >= 4 is 21.8 Å². The molecular formula is C14H14F2N2O5S. The first-order chi connectivity index (χ1) is 11.2. The first-order valence-corrected chi connectivity index (χ1v) is 8.80. The zero-order valence-corrected chi connectivity index (χ0v) is 13.1. The smallest absolute Gasteiger partial charge is 0.331 e. The van der Waals surface area contributed by atoms with Crippen LogP contribution in [0.1, 0.15) is 19.3 Å². The Labute approximate surface area is 136 Å². The lowest BCUT2D eigenvalue weighted by atomic mass is 9.82. The quantitative estimate of drug-likeness (QED) is 0.772. The van der Waals surface area contributed by atoms with Crippen molar-refractivity contribution in [3.05, 3.63) is 29.8 Å². The Balaban J connectivity index is 2.01. The number of hydroxylamine groups is 2. The van der Waals surface area contributed by atoms with Gasteiger partial charge in [-0.25, -0.2) is 22.0 Å². The number of carbonyl (C=O) groups is 2. The number of benzene rings is 1. The highest BCUT2D eigenvalue weighted by atomic mass is 32.2. The van der Waals surface area contributed by atoms with Crippen molar-refractivity contribution in [2.75, 3.05) is 0 Å². The van der Waals surface area contributed by atoms with Crippen molar-refractivity contribution < 1.29 is 32.0 Å². The third-order valence-electron chi connectivity index (χ3n) is 4.41. The number of sulfone groups is 1. The van der Waals surface area contributed by atoms with E-state index >= 15 is 0 Å². The molecule has 2 aliphatic rings. The van der Waals surface area contributed by atoms with Gasteiger partial charge in [-0.05, 0) is 25.0 Å². The van der Waals surface area contributed by atoms with Crippen LogP contribution in [0.2, 0.25) is 0 Å². The second-order valence-corrected chi connectivity index (χ2v) is 8.02. The van der Waals surface area contributed by atoms with Crippen LogP contribution >= 0.6 is 0 Å². The van der Waals surface area contributed by atoms with Crippen LogP contribution in [0, 0.1) is 17.6 Å². The Morgan fingerprint density at radius 2 is 1.75 bits per heavy atom. The SMILES string of the molecule is O=C1NC2C(CCCC2S(=O)(=O)c2cc(F)cc(F)c2)C(=O)N1O. The van der Waals surface area contributed by atoms with Gasteiger partial charge < -0.3 is 5.32 Å². The number of hydrogen-bond donors (Lipinski definition) is 2. The lowest BCUT2D eigenvalue weighted by Crippen LogP contribution is -2.64. The Morgan fingerprint density at radius 3 is 2.38 bits per heavy atom. The highest BCUT2D eigenvalue weighted by Crippen LogP contribution is 2.35. The minimum Gasteiger partial charge on any atom is -0.331 e. The molecule has 3 amide bonds. The molecule has 1 aliphatic carbocycles. The fraction of sp³-hybridized carbons (Fsp3) is 0.429. The molecule has 1 aromatic rings. The molecule has 3 rings (SSSR count). The van der Waals surface area contributed by atoms with E-state index in [0.29, 0.717) is 31.0 Å². The molecule has 24 heavy (non-hydrogen) atoms. The summed E-state index contributed by atoms with van der Waals surface area (Å²) < 4.78 is 52.3. The van der Waals surface area contributed by atoms with Crippen LogP contribution in [0.15, 0.2) is 23.1 Å². The second-order valence-electron chi connectivity index (χ2n) is 5.85. The molecule has 3 unspecified atom stereocenters. The molecule has 2 N–H and O–H groups in total. The van der Waals surface area contributed by atoms with Gasteiger partial charge in [0.2, 0.25) is 0 Å². The molecule has 1 saturated carbocycles. The van der Waals surface area contributed by atoms with Crippen molar-refractivity contribution in [3.63, 3.8) is 0 Å². The van der Waals surface area contributed by atoms with Crippen molar-refractivity contribution in [2.24, 2.45) is 5.92 Å². The Bertz CT molecular complexity index is 793. The minimum atomic E-state index is -4.19. The fourth-order valence-electron chi connectivity index (χ4n) is 3.30. The largest absolute Gasteiger partial charge is 0.348 e. The van der Waals surface area contributed by atoms with E-state index in [0.717, 1.165) is 0 Å². The van der Waals surface area contributed by atoms with E-state index in [1.807, 2.05) is 0 Å². The minimum absolute atomic E-state index is 0.0714. The highest BCUT2D eigenvalue weighted by molar-refractivity contribution is 7.92. The number of fused-ring (bicyclic) bond motifs is 1. The van der Waals surface area contributed by atoms with Crippen LogP contribution < -0.4 is 5.32 Å². The number of nitrogens with zero attached hydrogens (tertiary/aromatic N) is 1. The van der Waals surface area contributed by atoms with Gasteiger partial charge in [-0.3, -0.25) is 10.0 Å². The Hall–Kier alpha value is -2.07. The summed E-state index contributed by atoms with van der Waals surface area (Å²) in [6.45, 7) is 0. The molecular weight excluding hydrogens is 346 g/mol. The van der Waals surface area contributed by atoms with Gasteiger partial charge in [0, 0.05) is 6.07 Å². The molecule has 7 nitrogen and oxygen atoms in total. The van der Waals surface area contributed by atoms with Gasteiger partial charge in [-0.1, -0.05) is 6.42 Å². The van der Waals surface area contributed by atoms with E-state index in [9.17, 15) is 32.0 Å². The van der Waals surface area contributed by atoms with Crippen LogP contribution in [0.5, 0.6) is 0 Å². The van der Waals surface area contributed by atoms with Crippen LogP contribution in [0.3, 0.4) is 0 Å². The van der Waals surface area contributed by atoms with Gasteiger partial charge in [0.25, 0.3) is 5.91 Å². The zero-order chi connectivity index (χ0) is 17.6. The van der Waals surface area contributed by atoms with E-state index in [1.54, 1.807) is 0 Å². The Morgan fingerprint density at radius 1 is 1.12 bits per heavy atom. The number of amides is 3. The van der Waals surface area contributed by atoms with Crippen LogP contribution in [0.25, 0.3) is 0 Å². The second kappa shape index (κ2) is 5.78. The average Bonchev–Trinajstić information content (AvgIpc) is 2.51. The summed E-state index contributed by atoms with van der Waals surface area (Å²) in [4.78, 5) is 23.1. The van der Waals surface area contributed by atoms with Crippen LogP contribution in [-0.2, 0) is 14.6 Å². The van der Waals surface area contributed by atoms with Gasteiger partial charge in [0.15, 0.2) is 9.84 Å². The normalized spacial score (nSPS) is 27.6. The fourth-order valence-corrected chi connectivity index (χ4v) is 5.33. The maximum Gasteiger partial charge on any atom is 0.348 e. The molecule has 130 valence electrons.